The van der Waals surface area contributed by atoms with Crippen molar-refractivity contribution in [1.29, 1.82) is 0 Å². The third-order valence-corrected chi connectivity index (χ3v) is 5.10. The fourth-order valence-electron chi connectivity index (χ4n) is 1.81. The summed E-state index contributed by atoms with van der Waals surface area (Å²) in [7, 11) is 0. The van der Waals surface area contributed by atoms with E-state index >= 15 is 0 Å². The number of halogens is 1. The van der Waals surface area contributed by atoms with E-state index in [0.29, 0.717) is 11.4 Å². The van der Waals surface area contributed by atoms with Crippen LogP contribution in [0.2, 0.25) is 0 Å². The van der Waals surface area contributed by atoms with Gasteiger partial charge in [0, 0.05) is 27.8 Å². The van der Waals surface area contributed by atoms with E-state index in [0.717, 1.165) is 22.5 Å². The van der Waals surface area contributed by atoms with Crippen LogP contribution in [-0.4, -0.2) is 18.0 Å². The summed E-state index contributed by atoms with van der Waals surface area (Å²) >= 11 is 5.52. The van der Waals surface area contributed by atoms with Crippen LogP contribution < -0.4 is 5.73 Å². The number of nitrogen functional groups attached to an aromatic ring is 1. The van der Waals surface area contributed by atoms with Gasteiger partial charge < -0.3 is 10.5 Å². The standard InChI is InChI=1S/C12H16BrNOS/c1-8-12(4-5-15-8)16-7-9-2-3-10(14)6-11(9)13/h2-3,6,8,12H,4-5,7,14H2,1H3. The van der Waals surface area contributed by atoms with Crippen LogP contribution in [-0.2, 0) is 10.5 Å². The molecule has 88 valence electrons. The van der Waals surface area contributed by atoms with Gasteiger partial charge in [-0.1, -0.05) is 22.0 Å². The predicted octanol–water partition coefficient (Wildman–Crippen LogP) is 3.44. The molecule has 2 nitrogen and oxygen atoms in total. The van der Waals surface area contributed by atoms with E-state index in [-0.39, 0.29) is 0 Å². The van der Waals surface area contributed by atoms with E-state index in [1.165, 1.54) is 12.0 Å². The zero-order valence-corrected chi connectivity index (χ0v) is 11.7. The van der Waals surface area contributed by atoms with Crippen LogP contribution in [0.1, 0.15) is 18.9 Å². The van der Waals surface area contributed by atoms with Crippen LogP contribution in [0.3, 0.4) is 0 Å². The van der Waals surface area contributed by atoms with Crippen LogP contribution in [0, 0.1) is 0 Å². The molecule has 2 N–H and O–H groups in total. The Morgan fingerprint density at radius 2 is 2.38 bits per heavy atom. The Morgan fingerprint density at radius 3 is 3.00 bits per heavy atom. The molecule has 1 saturated heterocycles. The highest BCUT2D eigenvalue weighted by Gasteiger charge is 2.24. The third kappa shape index (κ3) is 2.93. The fourth-order valence-corrected chi connectivity index (χ4v) is 3.79. The normalized spacial score (nSPS) is 24.9. The van der Waals surface area contributed by atoms with Gasteiger partial charge in [0.2, 0.25) is 0 Å². The minimum Gasteiger partial charge on any atom is -0.399 e. The molecule has 1 aliphatic rings. The van der Waals surface area contributed by atoms with Gasteiger partial charge in [-0.25, -0.2) is 0 Å². The lowest BCUT2D eigenvalue weighted by atomic mass is 10.2. The summed E-state index contributed by atoms with van der Waals surface area (Å²) in [4.78, 5) is 0. The average Bonchev–Trinajstić information content (AvgIpc) is 2.63. The Balaban J connectivity index is 1.94. The van der Waals surface area contributed by atoms with Crippen LogP contribution in [0.4, 0.5) is 5.69 Å². The SMILES string of the molecule is CC1OCCC1SCc1ccc(N)cc1Br. The monoisotopic (exact) mass is 301 g/mol. The predicted molar refractivity (Wildman–Crippen MR) is 73.7 cm³/mol. The van der Waals surface area contributed by atoms with Gasteiger partial charge in [0.25, 0.3) is 0 Å². The summed E-state index contributed by atoms with van der Waals surface area (Å²) in [5, 5.41) is 0.629. The van der Waals surface area contributed by atoms with Gasteiger partial charge in [-0.15, -0.1) is 0 Å². The molecule has 1 fully saturated rings. The van der Waals surface area contributed by atoms with Crippen LogP contribution in [0.5, 0.6) is 0 Å². The second-order valence-electron chi connectivity index (χ2n) is 4.06. The number of hydrogen-bond acceptors (Lipinski definition) is 3. The summed E-state index contributed by atoms with van der Waals surface area (Å²) in [6.45, 7) is 3.06. The lowest BCUT2D eigenvalue weighted by Crippen LogP contribution is -2.13. The third-order valence-electron chi connectivity index (χ3n) is 2.84. The van der Waals surface area contributed by atoms with E-state index < -0.39 is 0 Å². The molecule has 0 radical (unpaired) electrons. The van der Waals surface area contributed by atoms with E-state index in [9.17, 15) is 0 Å². The Morgan fingerprint density at radius 1 is 1.56 bits per heavy atom. The van der Waals surface area contributed by atoms with Gasteiger partial charge >= 0.3 is 0 Å². The minimum atomic E-state index is 0.387. The van der Waals surface area contributed by atoms with Crippen molar-refractivity contribution in [3.63, 3.8) is 0 Å². The first-order valence-electron chi connectivity index (χ1n) is 5.44. The fraction of sp³-hybridized carbons (Fsp3) is 0.500. The number of hydrogen-bond donors (Lipinski definition) is 1. The lowest BCUT2D eigenvalue weighted by Gasteiger charge is -2.14. The van der Waals surface area contributed by atoms with Crippen molar-refractivity contribution in [1.82, 2.24) is 0 Å². The van der Waals surface area contributed by atoms with Gasteiger partial charge in [0.1, 0.15) is 0 Å². The van der Waals surface area contributed by atoms with Crippen molar-refractivity contribution in [3.8, 4) is 0 Å². The lowest BCUT2D eigenvalue weighted by molar-refractivity contribution is 0.127. The first kappa shape index (κ1) is 12.3. The molecule has 0 saturated carbocycles. The maximum atomic E-state index is 5.71. The summed E-state index contributed by atoms with van der Waals surface area (Å²) in [5.41, 5.74) is 7.82. The highest BCUT2D eigenvalue weighted by Crippen LogP contribution is 2.31. The average molecular weight is 302 g/mol. The number of thioether (sulfide) groups is 1. The molecule has 1 aromatic rings. The highest BCUT2D eigenvalue weighted by atomic mass is 79.9. The van der Waals surface area contributed by atoms with Crippen molar-refractivity contribution in [2.45, 2.75) is 30.5 Å². The van der Waals surface area contributed by atoms with E-state index in [4.69, 9.17) is 10.5 Å². The summed E-state index contributed by atoms with van der Waals surface area (Å²) < 4.78 is 6.65. The molecule has 1 heterocycles. The molecule has 0 spiro atoms. The molecule has 16 heavy (non-hydrogen) atoms. The molecule has 1 aromatic carbocycles. The van der Waals surface area contributed by atoms with Crippen molar-refractivity contribution in [2.24, 2.45) is 0 Å². The van der Waals surface area contributed by atoms with Crippen molar-refractivity contribution >= 4 is 33.4 Å². The van der Waals surface area contributed by atoms with Crippen LogP contribution >= 0.6 is 27.7 Å². The molecule has 1 aliphatic heterocycles. The van der Waals surface area contributed by atoms with Crippen LogP contribution in [0.25, 0.3) is 0 Å². The summed E-state index contributed by atoms with van der Waals surface area (Å²) in [6, 6.07) is 6.01. The highest BCUT2D eigenvalue weighted by molar-refractivity contribution is 9.10. The second-order valence-corrected chi connectivity index (χ2v) is 6.15. The van der Waals surface area contributed by atoms with Gasteiger partial charge in [0.05, 0.1) is 6.10 Å². The molecule has 0 bridgehead atoms. The molecule has 0 aliphatic carbocycles. The van der Waals surface area contributed by atoms with Crippen molar-refractivity contribution < 1.29 is 4.74 Å². The second kappa shape index (κ2) is 5.43. The molecule has 2 atom stereocenters. The van der Waals surface area contributed by atoms with E-state index in [2.05, 4.69) is 28.9 Å². The van der Waals surface area contributed by atoms with Gasteiger partial charge in [-0.3, -0.25) is 0 Å². The maximum Gasteiger partial charge on any atom is 0.0666 e. The molecule has 2 unspecified atom stereocenters. The zero-order chi connectivity index (χ0) is 11.5. The largest absolute Gasteiger partial charge is 0.399 e. The minimum absolute atomic E-state index is 0.387. The smallest absolute Gasteiger partial charge is 0.0666 e. The van der Waals surface area contributed by atoms with Crippen molar-refractivity contribution in [2.75, 3.05) is 12.3 Å². The number of anilines is 1. The number of benzene rings is 1. The Kier molecular flexibility index (Phi) is 4.16. The Hall–Kier alpha value is -0.190. The van der Waals surface area contributed by atoms with Gasteiger partial charge in [0.15, 0.2) is 0 Å². The maximum absolute atomic E-state index is 5.71. The molecule has 0 amide bonds. The van der Waals surface area contributed by atoms with E-state index in [1.54, 1.807) is 0 Å². The summed E-state index contributed by atoms with van der Waals surface area (Å²) in [5.74, 6) is 1.01. The van der Waals surface area contributed by atoms with Gasteiger partial charge in [-0.2, -0.15) is 11.8 Å². The summed E-state index contributed by atoms with van der Waals surface area (Å²) in [6.07, 6.45) is 1.55. The number of nitrogens with two attached hydrogens (primary N) is 1. The molecular formula is C12H16BrNOS. The van der Waals surface area contributed by atoms with Crippen molar-refractivity contribution in [3.05, 3.63) is 28.2 Å². The van der Waals surface area contributed by atoms with E-state index in [1.807, 2.05) is 23.9 Å². The topological polar surface area (TPSA) is 35.2 Å². The molecular weight excluding hydrogens is 286 g/mol. The first-order valence-corrected chi connectivity index (χ1v) is 7.28. The Bertz CT molecular complexity index is 372. The van der Waals surface area contributed by atoms with Gasteiger partial charge in [-0.05, 0) is 31.0 Å². The zero-order valence-electron chi connectivity index (χ0n) is 9.28. The molecule has 4 heteroatoms. The Labute approximate surface area is 109 Å². The molecule has 2 rings (SSSR count). The molecule has 0 aromatic heterocycles. The first-order chi connectivity index (χ1) is 7.66. The number of ether oxygens (including phenoxy) is 1. The van der Waals surface area contributed by atoms with Crippen LogP contribution in [0.15, 0.2) is 22.7 Å². The quantitative estimate of drug-likeness (QED) is 0.869. The number of rotatable bonds is 3.